The number of hydrogen-bond donors (Lipinski definition) is 0. The summed E-state index contributed by atoms with van der Waals surface area (Å²) in [6.45, 7) is 13.4. The lowest BCUT2D eigenvalue weighted by molar-refractivity contribution is -0.110. The molecule has 0 fully saturated rings. The summed E-state index contributed by atoms with van der Waals surface area (Å²) in [6, 6.07) is 17.1. The van der Waals surface area contributed by atoms with Crippen LogP contribution in [0.1, 0.15) is 90.2 Å². The zero-order valence-electron chi connectivity index (χ0n) is 23.2. The molecular weight excluding hydrogens is 440 g/mol. The van der Waals surface area contributed by atoms with Crippen molar-refractivity contribution in [3.05, 3.63) is 71.8 Å². The molecule has 2 aromatic carbocycles. The average molecular weight is 489 g/mol. The molecule has 0 amide bonds. The number of unbranched alkanes of at least 4 members (excludes halogenated alkanes) is 4. The molecule has 0 bridgehead atoms. The highest BCUT2D eigenvalue weighted by Crippen LogP contribution is 2.19. The first kappa shape index (κ1) is 29.4. The Bertz CT molecular complexity index is 820. The molecule has 196 valence electrons. The predicted molar refractivity (Wildman–Crippen MR) is 160 cm³/mol. The SMILES string of the molecule is CCCCN(CCCC)c1ccc(/C=C/C(=O)/C=C/c2ccc(N(CCCC)CCCC)cc2)cc1. The van der Waals surface area contributed by atoms with Gasteiger partial charge in [-0.05, 0) is 73.2 Å². The largest absolute Gasteiger partial charge is 0.372 e. The molecule has 0 radical (unpaired) electrons. The Morgan fingerprint density at radius 2 is 0.861 bits per heavy atom. The van der Waals surface area contributed by atoms with Gasteiger partial charge in [0.05, 0.1) is 0 Å². The minimum atomic E-state index is 0.00295. The third-order valence-corrected chi connectivity index (χ3v) is 6.52. The van der Waals surface area contributed by atoms with E-state index in [1.54, 1.807) is 12.2 Å². The van der Waals surface area contributed by atoms with Gasteiger partial charge in [-0.1, -0.05) is 89.8 Å². The number of rotatable bonds is 18. The van der Waals surface area contributed by atoms with Crippen LogP contribution in [-0.4, -0.2) is 32.0 Å². The van der Waals surface area contributed by atoms with Crippen molar-refractivity contribution < 1.29 is 4.79 Å². The first-order valence-corrected chi connectivity index (χ1v) is 14.2. The molecule has 2 rings (SSSR count). The normalized spacial score (nSPS) is 11.4. The van der Waals surface area contributed by atoms with Gasteiger partial charge in [0, 0.05) is 37.6 Å². The summed E-state index contributed by atoms with van der Waals surface area (Å²) >= 11 is 0. The smallest absolute Gasteiger partial charge is 0.178 e. The number of carbonyl (C=O) groups is 1. The number of nitrogens with zero attached hydrogens (tertiary/aromatic N) is 2. The van der Waals surface area contributed by atoms with E-state index in [0.29, 0.717) is 0 Å². The lowest BCUT2D eigenvalue weighted by Crippen LogP contribution is -2.25. The van der Waals surface area contributed by atoms with E-state index in [4.69, 9.17) is 0 Å². The van der Waals surface area contributed by atoms with Crippen LogP contribution in [0.15, 0.2) is 60.7 Å². The molecule has 0 atom stereocenters. The molecule has 3 heteroatoms. The van der Waals surface area contributed by atoms with Gasteiger partial charge in [-0.15, -0.1) is 0 Å². The monoisotopic (exact) mass is 488 g/mol. The van der Waals surface area contributed by atoms with Gasteiger partial charge in [-0.2, -0.15) is 0 Å². The van der Waals surface area contributed by atoms with Gasteiger partial charge in [-0.25, -0.2) is 0 Å². The fourth-order valence-corrected chi connectivity index (χ4v) is 4.14. The van der Waals surface area contributed by atoms with E-state index in [0.717, 1.165) is 37.3 Å². The lowest BCUT2D eigenvalue weighted by atomic mass is 10.1. The predicted octanol–water partition coefficient (Wildman–Crippen LogP) is 8.80. The van der Waals surface area contributed by atoms with Crippen LogP contribution in [0.3, 0.4) is 0 Å². The van der Waals surface area contributed by atoms with Gasteiger partial charge in [-0.3, -0.25) is 4.79 Å². The summed E-state index contributed by atoms with van der Waals surface area (Å²) in [6.07, 6.45) is 16.8. The van der Waals surface area contributed by atoms with Gasteiger partial charge in [0.15, 0.2) is 5.78 Å². The zero-order chi connectivity index (χ0) is 26.0. The van der Waals surface area contributed by atoms with Crippen LogP contribution >= 0.6 is 0 Å². The Balaban J connectivity index is 1.94. The fourth-order valence-electron chi connectivity index (χ4n) is 4.14. The molecule has 0 aliphatic heterocycles. The number of ketones is 1. The van der Waals surface area contributed by atoms with Gasteiger partial charge < -0.3 is 9.80 Å². The minimum Gasteiger partial charge on any atom is -0.372 e. The van der Waals surface area contributed by atoms with Crippen molar-refractivity contribution in [2.75, 3.05) is 36.0 Å². The van der Waals surface area contributed by atoms with Crippen LogP contribution < -0.4 is 9.80 Å². The van der Waals surface area contributed by atoms with Crippen LogP contribution in [0.25, 0.3) is 12.2 Å². The second-order valence-corrected chi connectivity index (χ2v) is 9.64. The zero-order valence-corrected chi connectivity index (χ0v) is 23.2. The summed E-state index contributed by atoms with van der Waals surface area (Å²) < 4.78 is 0. The Kier molecular flexibility index (Phi) is 14.4. The highest BCUT2D eigenvalue weighted by molar-refractivity contribution is 6.04. The van der Waals surface area contributed by atoms with Crippen molar-refractivity contribution in [1.29, 1.82) is 0 Å². The number of carbonyl (C=O) groups excluding carboxylic acids is 1. The van der Waals surface area contributed by atoms with E-state index >= 15 is 0 Å². The molecule has 0 saturated heterocycles. The Labute approximate surface area is 220 Å². The van der Waals surface area contributed by atoms with E-state index in [9.17, 15) is 4.79 Å². The molecule has 0 spiro atoms. The van der Waals surface area contributed by atoms with Crippen molar-refractivity contribution in [2.45, 2.75) is 79.1 Å². The number of anilines is 2. The number of hydrogen-bond acceptors (Lipinski definition) is 3. The molecule has 0 aliphatic carbocycles. The maximum atomic E-state index is 12.4. The Hall–Kier alpha value is -2.81. The highest BCUT2D eigenvalue weighted by atomic mass is 16.1. The lowest BCUT2D eigenvalue weighted by Gasteiger charge is -2.24. The summed E-state index contributed by atoms with van der Waals surface area (Å²) in [5.41, 5.74) is 4.64. The van der Waals surface area contributed by atoms with Gasteiger partial charge in [0.2, 0.25) is 0 Å². The van der Waals surface area contributed by atoms with E-state index in [1.807, 2.05) is 12.2 Å². The Morgan fingerprint density at radius 3 is 1.14 bits per heavy atom. The molecular formula is C33H48N2O. The van der Waals surface area contributed by atoms with Gasteiger partial charge >= 0.3 is 0 Å². The maximum Gasteiger partial charge on any atom is 0.178 e. The second kappa shape index (κ2) is 17.6. The van der Waals surface area contributed by atoms with Crippen molar-refractivity contribution in [3.63, 3.8) is 0 Å². The van der Waals surface area contributed by atoms with Crippen molar-refractivity contribution in [3.8, 4) is 0 Å². The summed E-state index contributed by atoms with van der Waals surface area (Å²) in [7, 11) is 0. The first-order chi connectivity index (χ1) is 17.6. The molecule has 0 heterocycles. The molecule has 0 unspecified atom stereocenters. The van der Waals surface area contributed by atoms with Crippen LogP contribution in [0.5, 0.6) is 0 Å². The van der Waals surface area contributed by atoms with Gasteiger partial charge in [0.25, 0.3) is 0 Å². The molecule has 2 aromatic rings. The molecule has 0 N–H and O–H groups in total. The highest BCUT2D eigenvalue weighted by Gasteiger charge is 2.06. The maximum absolute atomic E-state index is 12.4. The first-order valence-electron chi connectivity index (χ1n) is 14.2. The van der Waals surface area contributed by atoms with Gasteiger partial charge in [0.1, 0.15) is 0 Å². The van der Waals surface area contributed by atoms with E-state index in [2.05, 4.69) is 86.0 Å². The van der Waals surface area contributed by atoms with E-state index in [1.165, 1.54) is 62.7 Å². The van der Waals surface area contributed by atoms with Crippen LogP contribution in [-0.2, 0) is 4.79 Å². The van der Waals surface area contributed by atoms with E-state index < -0.39 is 0 Å². The summed E-state index contributed by atoms with van der Waals surface area (Å²) in [4.78, 5) is 17.4. The molecule has 36 heavy (non-hydrogen) atoms. The van der Waals surface area contributed by atoms with Crippen molar-refractivity contribution in [1.82, 2.24) is 0 Å². The molecule has 0 aromatic heterocycles. The Morgan fingerprint density at radius 1 is 0.556 bits per heavy atom. The quantitative estimate of drug-likeness (QED) is 0.196. The topological polar surface area (TPSA) is 23.6 Å². The second-order valence-electron chi connectivity index (χ2n) is 9.64. The molecule has 0 aliphatic rings. The van der Waals surface area contributed by atoms with Crippen LogP contribution in [0.4, 0.5) is 11.4 Å². The summed E-state index contributed by atoms with van der Waals surface area (Å²) in [5, 5.41) is 0. The van der Waals surface area contributed by atoms with Crippen molar-refractivity contribution >= 4 is 29.3 Å². The van der Waals surface area contributed by atoms with E-state index in [-0.39, 0.29) is 5.78 Å². The summed E-state index contributed by atoms with van der Waals surface area (Å²) in [5.74, 6) is 0.00295. The van der Waals surface area contributed by atoms with Crippen molar-refractivity contribution in [2.24, 2.45) is 0 Å². The average Bonchev–Trinajstić information content (AvgIpc) is 2.92. The number of allylic oxidation sites excluding steroid dienone is 2. The standard InChI is InChI=1S/C33H48N2O/c1-5-9-25-34(26-10-6-2)31-19-13-29(14-20-31)17-23-33(36)24-18-30-15-21-32(22-16-30)35(27-11-7-3)28-12-8-4/h13-24H,5-12,25-28H2,1-4H3/b23-17+,24-18+. The third kappa shape index (κ3) is 10.8. The molecule has 3 nitrogen and oxygen atoms in total. The third-order valence-electron chi connectivity index (χ3n) is 6.52. The van der Waals surface area contributed by atoms with Crippen LogP contribution in [0.2, 0.25) is 0 Å². The molecule has 0 saturated carbocycles. The number of benzene rings is 2. The fraction of sp³-hybridized carbons (Fsp3) is 0.485. The van der Waals surface area contributed by atoms with Crippen LogP contribution in [0, 0.1) is 0 Å². The minimum absolute atomic E-state index is 0.00295.